The molecule has 0 aliphatic heterocycles. The molecule has 2 aromatic rings. The molecule has 0 saturated carbocycles. The third-order valence-electron chi connectivity index (χ3n) is 3.52. The highest BCUT2D eigenvalue weighted by Gasteiger charge is 2.09. The summed E-state index contributed by atoms with van der Waals surface area (Å²) in [5.74, 6) is 0.482. The van der Waals surface area contributed by atoms with Gasteiger partial charge in [0.05, 0.1) is 5.01 Å². The predicted octanol–water partition coefficient (Wildman–Crippen LogP) is 2.99. The molecule has 0 aliphatic carbocycles. The average molecular weight is 263 g/mol. The zero-order valence-electron chi connectivity index (χ0n) is 11.5. The van der Waals surface area contributed by atoms with Crippen LogP contribution in [0.3, 0.4) is 0 Å². The highest BCUT2D eigenvalue weighted by atomic mass is 32.1. The van der Waals surface area contributed by atoms with Gasteiger partial charge in [0.2, 0.25) is 0 Å². The lowest BCUT2D eigenvalue weighted by atomic mass is 10.2. The van der Waals surface area contributed by atoms with Crippen molar-refractivity contribution in [3.63, 3.8) is 0 Å². The molecule has 1 N–H and O–H groups in total. The molecule has 3 nitrogen and oxygen atoms in total. The second-order valence-corrected chi connectivity index (χ2v) is 5.78. The van der Waals surface area contributed by atoms with E-state index in [2.05, 4.69) is 48.8 Å². The van der Waals surface area contributed by atoms with Gasteiger partial charge in [-0.3, -0.25) is 0 Å². The smallest absolute Gasteiger partial charge is 0.0965 e. The van der Waals surface area contributed by atoms with E-state index in [1.54, 1.807) is 11.3 Å². The second-order valence-electron chi connectivity index (χ2n) is 4.86. The second kappa shape index (κ2) is 5.67. The minimum Gasteiger partial charge on any atom is -0.352 e. The van der Waals surface area contributed by atoms with E-state index in [4.69, 9.17) is 0 Å². The largest absolute Gasteiger partial charge is 0.352 e. The van der Waals surface area contributed by atoms with Crippen LogP contribution in [0.15, 0.2) is 17.6 Å². The Labute approximate surface area is 113 Å². The van der Waals surface area contributed by atoms with E-state index in [9.17, 15) is 0 Å². The van der Waals surface area contributed by atoms with Crippen molar-refractivity contribution in [2.45, 2.75) is 33.2 Å². The van der Waals surface area contributed by atoms with Crippen LogP contribution < -0.4 is 5.32 Å². The number of nitrogens with zero attached hydrogens (tertiary/aromatic N) is 2. The van der Waals surface area contributed by atoms with Gasteiger partial charge < -0.3 is 9.88 Å². The van der Waals surface area contributed by atoms with Crippen molar-refractivity contribution in [2.75, 3.05) is 6.54 Å². The lowest BCUT2D eigenvalue weighted by Crippen LogP contribution is -2.19. The zero-order chi connectivity index (χ0) is 13.1. The maximum Gasteiger partial charge on any atom is 0.0965 e. The molecule has 2 heterocycles. The molecular weight excluding hydrogens is 242 g/mol. The van der Waals surface area contributed by atoms with Crippen molar-refractivity contribution >= 4 is 11.3 Å². The Morgan fingerprint density at radius 3 is 2.78 bits per heavy atom. The molecule has 1 unspecified atom stereocenters. The quantitative estimate of drug-likeness (QED) is 0.898. The molecular formula is C14H21N3S. The molecule has 0 spiro atoms. The molecule has 0 bridgehead atoms. The third kappa shape index (κ3) is 2.82. The molecule has 0 amide bonds. The molecule has 2 aromatic heterocycles. The minimum atomic E-state index is 0.482. The zero-order valence-corrected chi connectivity index (χ0v) is 12.3. The van der Waals surface area contributed by atoms with Gasteiger partial charge in [-0.15, -0.1) is 11.3 Å². The molecule has 2 rings (SSSR count). The Bertz CT molecular complexity index is 499. The first-order chi connectivity index (χ1) is 8.59. The van der Waals surface area contributed by atoms with Crippen LogP contribution in [0.5, 0.6) is 0 Å². The number of hydrogen-bond donors (Lipinski definition) is 1. The van der Waals surface area contributed by atoms with Crippen LogP contribution in [0, 0.1) is 13.8 Å². The topological polar surface area (TPSA) is 29.9 Å². The predicted molar refractivity (Wildman–Crippen MR) is 77.1 cm³/mol. The van der Waals surface area contributed by atoms with Crippen molar-refractivity contribution in [1.82, 2.24) is 14.9 Å². The van der Waals surface area contributed by atoms with Crippen molar-refractivity contribution in [1.29, 1.82) is 0 Å². The van der Waals surface area contributed by atoms with E-state index in [0.29, 0.717) is 5.92 Å². The van der Waals surface area contributed by atoms with Gasteiger partial charge in [0.1, 0.15) is 0 Å². The van der Waals surface area contributed by atoms with E-state index in [0.717, 1.165) is 13.1 Å². The first kappa shape index (κ1) is 13.3. The van der Waals surface area contributed by atoms with E-state index < -0.39 is 0 Å². The lowest BCUT2D eigenvalue weighted by Gasteiger charge is -2.10. The number of nitrogens with one attached hydrogen (secondary N) is 1. The van der Waals surface area contributed by atoms with Gasteiger partial charge in [-0.05, 0) is 25.5 Å². The van der Waals surface area contributed by atoms with Crippen LogP contribution in [0.2, 0.25) is 0 Å². The molecule has 0 saturated heterocycles. The monoisotopic (exact) mass is 263 g/mol. The van der Waals surface area contributed by atoms with Crippen LogP contribution in [-0.2, 0) is 13.6 Å². The number of aromatic nitrogens is 2. The fourth-order valence-electron chi connectivity index (χ4n) is 2.10. The maximum absolute atomic E-state index is 4.35. The fourth-order valence-corrected chi connectivity index (χ4v) is 2.80. The summed E-state index contributed by atoms with van der Waals surface area (Å²) in [5, 5.41) is 6.77. The average Bonchev–Trinajstić information content (AvgIpc) is 2.95. The highest BCUT2D eigenvalue weighted by Crippen LogP contribution is 2.17. The van der Waals surface area contributed by atoms with Gasteiger partial charge in [-0.1, -0.05) is 6.92 Å². The van der Waals surface area contributed by atoms with Crippen LogP contribution in [0.4, 0.5) is 0 Å². The Hall–Kier alpha value is -1.13. The van der Waals surface area contributed by atoms with Crippen LogP contribution in [0.1, 0.15) is 34.8 Å². The van der Waals surface area contributed by atoms with Crippen molar-refractivity contribution in [3.8, 4) is 0 Å². The molecule has 0 aromatic carbocycles. The summed E-state index contributed by atoms with van der Waals surface area (Å²) in [5.41, 5.74) is 4.06. The molecule has 0 aliphatic rings. The minimum absolute atomic E-state index is 0.482. The van der Waals surface area contributed by atoms with Crippen molar-refractivity contribution in [3.05, 3.63) is 39.6 Å². The van der Waals surface area contributed by atoms with Gasteiger partial charge in [-0.25, -0.2) is 4.98 Å². The fraction of sp³-hybridized carbons (Fsp3) is 0.500. The maximum atomic E-state index is 4.35. The van der Waals surface area contributed by atoms with Gasteiger partial charge in [0, 0.05) is 49.0 Å². The summed E-state index contributed by atoms with van der Waals surface area (Å²) in [6.07, 6.45) is 1.88. The first-order valence-electron chi connectivity index (χ1n) is 6.31. The van der Waals surface area contributed by atoms with Gasteiger partial charge in [-0.2, -0.15) is 0 Å². The Morgan fingerprint density at radius 1 is 1.44 bits per heavy atom. The summed E-state index contributed by atoms with van der Waals surface area (Å²) in [6.45, 7) is 8.45. The summed E-state index contributed by atoms with van der Waals surface area (Å²) >= 11 is 1.73. The molecule has 0 fully saturated rings. The molecule has 18 heavy (non-hydrogen) atoms. The standard InChI is InChI=1S/C14H21N3S/c1-10(14-16-5-6-18-14)8-15-9-13-7-11(2)17(4)12(13)3/h5-7,10,15H,8-9H2,1-4H3. The number of thiazole rings is 1. The van der Waals surface area contributed by atoms with E-state index in [-0.39, 0.29) is 0 Å². The number of aryl methyl sites for hydroxylation is 1. The van der Waals surface area contributed by atoms with E-state index >= 15 is 0 Å². The number of hydrogen-bond acceptors (Lipinski definition) is 3. The van der Waals surface area contributed by atoms with Gasteiger partial charge in [0.25, 0.3) is 0 Å². The summed E-state index contributed by atoms with van der Waals surface area (Å²) in [7, 11) is 2.12. The summed E-state index contributed by atoms with van der Waals surface area (Å²) in [6, 6.07) is 2.26. The van der Waals surface area contributed by atoms with Crippen LogP contribution in [0.25, 0.3) is 0 Å². The normalized spacial score (nSPS) is 12.9. The van der Waals surface area contributed by atoms with Crippen molar-refractivity contribution in [2.24, 2.45) is 7.05 Å². The van der Waals surface area contributed by atoms with E-state index in [1.165, 1.54) is 22.0 Å². The van der Waals surface area contributed by atoms with E-state index in [1.807, 2.05) is 11.6 Å². The van der Waals surface area contributed by atoms with Gasteiger partial charge in [0.15, 0.2) is 0 Å². The van der Waals surface area contributed by atoms with Crippen LogP contribution in [-0.4, -0.2) is 16.1 Å². The Morgan fingerprint density at radius 2 is 2.22 bits per heavy atom. The highest BCUT2D eigenvalue weighted by molar-refractivity contribution is 7.09. The van der Waals surface area contributed by atoms with Crippen molar-refractivity contribution < 1.29 is 0 Å². The summed E-state index contributed by atoms with van der Waals surface area (Å²) in [4.78, 5) is 4.35. The van der Waals surface area contributed by atoms with Crippen LogP contribution >= 0.6 is 11.3 Å². The van der Waals surface area contributed by atoms with Gasteiger partial charge >= 0.3 is 0 Å². The Balaban J connectivity index is 1.87. The molecule has 1 atom stereocenters. The lowest BCUT2D eigenvalue weighted by molar-refractivity contribution is 0.610. The third-order valence-corrected chi connectivity index (χ3v) is 4.53. The molecule has 0 radical (unpaired) electrons. The molecule has 4 heteroatoms. The summed E-state index contributed by atoms with van der Waals surface area (Å²) < 4.78 is 2.24. The first-order valence-corrected chi connectivity index (χ1v) is 7.19. The number of rotatable bonds is 5. The SMILES string of the molecule is Cc1cc(CNCC(C)c2nccs2)c(C)n1C. The molecule has 98 valence electrons. The Kier molecular flexibility index (Phi) is 4.19.